The largest absolute Gasteiger partial charge is 0.308 e. The summed E-state index contributed by atoms with van der Waals surface area (Å²) < 4.78 is 0. The summed E-state index contributed by atoms with van der Waals surface area (Å²) >= 11 is 0. The summed E-state index contributed by atoms with van der Waals surface area (Å²) in [7, 11) is 0. The molecule has 3 nitrogen and oxygen atoms in total. The van der Waals surface area contributed by atoms with Crippen molar-refractivity contribution in [2.45, 2.75) is 38.8 Å². The molecule has 3 aliphatic rings. The molecule has 3 heteroatoms. The molecule has 4 rings (SSSR count). The van der Waals surface area contributed by atoms with Crippen LogP contribution in [0.1, 0.15) is 30.8 Å². The topological polar surface area (TPSA) is 37.8 Å². The molecule has 4 unspecified atom stereocenters. The number of hydrogen-bond acceptors (Lipinski definition) is 3. The molecule has 1 heterocycles. The second kappa shape index (κ2) is 3.52. The third-order valence-corrected chi connectivity index (χ3v) is 5.09. The number of aromatic nitrogens is 2. The average molecular weight is 229 g/mol. The fourth-order valence-corrected chi connectivity index (χ4v) is 4.42. The van der Waals surface area contributed by atoms with E-state index >= 15 is 0 Å². The second-order valence-electron chi connectivity index (χ2n) is 5.99. The summed E-state index contributed by atoms with van der Waals surface area (Å²) in [4.78, 5) is 8.58. The van der Waals surface area contributed by atoms with Gasteiger partial charge in [0.2, 0.25) is 0 Å². The summed E-state index contributed by atoms with van der Waals surface area (Å²) in [6, 6.07) is 2.82. The SMILES string of the molecule is Cc1nccc(CNC2C3C4CCC(C4)C23)n1. The van der Waals surface area contributed by atoms with E-state index in [9.17, 15) is 0 Å². The predicted octanol–water partition coefficient (Wildman–Crippen LogP) is 1.92. The summed E-state index contributed by atoms with van der Waals surface area (Å²) in [6.07, 6.45) is 6.38. The van der Waals surface area contributed by atoms with Crippen molar-refractivity contribution in [3.05, 3.63) is 23.8 Å². The van der Waals surface area contributed by atoms with Crippen LogP contribution in [0.2, 0.25) is 0 Å². The highest BCUT2D eigenvalue weighted by molar-refractivity contribution is 5.17. The van der Waals surface area contributed by atoms with Gasteiger partial charge in [0.05, 0.1) is 5.69 Å². The molecule has 4 atom stereocenters. The number of hydrogen-bond donors (Lipinski definition) is 1. The van der Waals surface area contributed by atoms with E-state index in [4.69, 9.17) is 0 Å². The lowest BCUT2D eigenvalue weighted by atomic mass is 10.0. The van der Waals surface area contributed by atoms with Crippen molar-refractivity contribution in [2.75, 3.05) is 0 Å². The minimum atomic E-state index is 0.802. The zero-order valence-electron chi connectivity index (χ0n) is 10.3. The number of fused-ring (bicyclic) bond motifs is 5. The highest BCUT2D eigenvalue weighted by Crippen LogP contribution is 2.65. The molecule has 0 radical (unpaired) electrons. The first-order valence-corrected chi connectivity index (χ1v) is 6.85. The van der Waals surface area contributed by atoms with Gasteiger partial charge in [0.25, 0.3) is 0 Å². The van der Waals surface area contributed by atoms with E-state index in [0.717, 1.165) is 47.8 Å². The van der Waals surface area contributed by atoms with Crippen molar-refractivity contribution in [2.24, 2.45) is 23.7 Å². The Labute approximate surface area is 102 Å². The summed E-state index contributed by atoms with van der Waals surface area (Å²) in [6.45, 7) is 2.87. The van der Waals surface area contributed by atoms with Gasteiger partial charge < -0.3 is 5.32 Å². The van der Waals surface area contributed by atoms with Crippen LogP contribution in [0.15, 0.2) is 12.3 Å². The molecule has 17 heavy (non-hydrogen) atoms. The first-order valence-electron chi connectivity index (χ1n) is 6.85. The fraction of sp³-hybridized carbons (Fsp3) is 0.714. The van der Waals surface area contributed by atoms with Crippen molar-refractivity contribution in [3.63, 3.8) is 0 Å². The molecular weight excluding hydrogens is 210 g/mol. The van der Waals surface area contributed by atoms with Crippen LogP contribution in [-0.4, -0.2) is 16.0 Å². The molecule has 0 aliphatic heterocycles. The molecule has 90 valence electrons. The average Bonchev–Trinajstić information content (AvgIpc) is 2.72. The lowest BCUT2D eigenvalue weighted by Crippen LogP contribution is -2.23. The van der Waals surface area contributed by atoms with Gasteiger partial charge in [-0.1, -0.05) is 0 Å². The Bertz CT molecular complexity index is 429. The van der Waals surface area contributed by atoms with Crippen molar-refractivity contribution in [1.82, 2.24) is 15.3 Å². The van der Waals surface area contributed by atoms with Crippen molar-refractivity contribution in [1.29, 1.82) is 0 Å². The molecule has 0 spiro atoms. The van der Waals surface area contributed by atoms with Gasteiger partial charge in [-0.2, -0.15) is 0 Å². The lowest BCUT2D eigenvalue weighted by molar-refractivity contribution is 0.456. The van der Waals surface area contributed by atoms with Gasteiger partial charge in [-0.25, -0.2) is 9.97 Å². The molecule has 0 amide bonds. The zero-order valence-corrected chi connectivity index (χ0v) is 10.3. The summed E-state index contributed by atoms with van der Waals surface area (Å²) in [5.41, 5.74) is 1.13. The van der Waals surface area contributed by atoms with E-state index in [2.05, 4.69) is 15.3 Å². The van der Waals surface area contributed by atoms with Gasteiger partial charge in [-0.15, -0.1) is 0 Å². The zero-order chi connectivity index (χ0) is 11.4. The number of nitrogens with zero attached hydrogens (tertiary/aromatic N) is 2. The van der Waals surface area contributed by atoms with Crippen LogP contribution < -0.4 is 5.32 Å². The third-order valence-electron chi connectivity index (χ3n) is 5.09. The predicted molar refractivity (Wildman–Crippen MR) is 65.2 cm³/mol. The van der Waals surface area contributed by atoms with Crippen molar-refractivity contribution >= 4 is 0 Å². The molecule has 0 aromatic carbocycles. The molecule has 3 saturated carbocycles. The first kappa shape index (κ1) is 10.0. The number of nitrogens with one attached hydrogen (secondary N) is 1. The van der Waals surface area contributed by atoms with Crippen molar-refractivity contribution in [3.8, 4) is 0 Å². The molecule has 0 saturated heterocycles. The van der Waals surface area contributed by atoms with Gasteiger partial charge in [0.1, 0.15) is 5.82 Å². The normalized spacial score (nSPS) is 41.6. The smallest absolute Gasteiger partial charge is 0.125 e. The Morgan fingerprint density at radius 2 is 2.06 bits per heavy atom. The lowest BCUT2D eigenvalue weighted by Gasteiger charge is -2.10. The van der Waals surface area contributed by atoms with E-state index in [1.165, 1.54) is 19.3 Å². The van der Waals surface area contributed by atoms with Gasteiger partial charge in [-0.05, 0) is 55.9 Å². The van der Waals surface area contributed by atoms with E-state index < -0.39 is 0 Å². The molecule has 3 aliphatic carbocycles. The maximum absolute atomic E-state index is 4.45. The van der Waals surface area contributed by atoms with Gasteiger partial charge >= 0.3 is 0 Å². The molecular formula is C14H19N3. The van der Waals surface area contributed by atoms with Crippen LogP contribution in [0.5, 0.6) is 0 Å². The van der Waals surface area contributed by atoms with E-state index in [-0.39, 0.29) is 0 Å². The standard InChI is InChI=1S/C14H19N3/c1-8-15-5-4-11(17-8)7-16-14-12-9-2-3-10(6-9)13(12)14/h4-5,9-10,12-14,16H,2-3,6-7H2,1H3. The third kappa shape index (κ3) is 1.52. The maximum atomic E-state index is 4.45. The minimum absolute atomic E-state index is 0.802. The Hall–Kier alpha value is -0.960. The molecule has 1 aromatic rings. The minimum Gasteiger partial charge on any atom is -0.308 e. The molecule has 1 N–H and O–H groups in total. The van der Waals surface area contributed by atoms with E-state index in [0.29, 0.717) is 0 Å². The van der Waals surface area contributed by atoms with Crippen LogP contribution in [0, 0.1) is 30.6 Å². The first-order chi connectivity index (χ1) is 8.33. The van der Waals surface area contributed by atoms with Crippen LogP contribution in [0.25, 0.3) is 0 Å². The van der Waals surface area contributed by atoms with Gasteiger partial charge in [0, 0.05) is 18.8 Å². The Morgan fingerprint density at radius 1 is 1.29 bits per heavy atom. The highest BCUT2D eigenvalue weighted by atomic mass is 15.0. The Kier molecular flexibility index (Phi) is 2.07. The highest BCUT2D eigenvalue weighted by Gasteiger charge is 2.64. The maximum Gasteiger partial charge on any atom is 0.125 e. The number of rotatable bonds is 3. The Balaban J connectivity index is 1.38. The van der Waals surface area contributed by atoms with E-state index in [1.54, 1.807) is 0 Å². The number of aryl methyl sites for hydroxylation is 1. The monoisotopic (exact) mass is 229 g/mol. The molecule has 2 bridgehead atoms. The quantitative estimate of drug-likeness (QED) is 0.860. The fourth-order valence-electron chi connectivity index (χ4n) is 4.42. The second-order valence-corrected chi connectivity index (χ2v) is 5.99. The Morgan fingerprint density at radius 3 is 2.76 bits per heavy atom. The van der Waals surface area contributed by atoms with E-state index in [1.807, 2.05) is 19.2 Å². The van der Waals surface area contributed by atoms with Crippen LogP contribution in [-0.2, 0) is 6.54 Å². The van der Waals surface area contributed by atoms with Crippen LogP contribution >= 0.6 is 0 Å². The van der Waals surface area contributed by atoms with Gasteiger partial charge in [-0.3, -0.25) is 0 Å². The van der Waals surface area contributed by atoms with Gasteiger partial charge in [0.15, 0.2) is 0 Å². The van der Waals surface area contributed by atoms with Crippen molar-refractivity contribution < 1.29 is 0 Å². The molecule has 3 fully saturated rings. The van der Waals surface area contributed by atoms with Crippen LogP contribution in [0.4, 0.5) is 0 Å². The summed E-state index contributed by atoms with van der Waals surface area (Å²) in [5, 5.41) is 3.71. The van der Waals surface area contributed by atoms with Crippen LogP contribution in [0.3, 0.4) is 0 Å². The summed E-state index contributed by atoms with van der Waals surface area (Å²) in [5.74, 6) is 5.00. The molecule has 1 aromatic heterocycles.